The number of ether oxygens (including phenoxy) is 2. The molecule has 0 amide bonds. The summed E-state index contributed by atoms with van der Waals surface area (Å²) >= 11 is 2.10. The van der Waals surface area contributed by atoms with Crippen molar-refractivity contribution in [1.82, 2.24) is 4.72 Å². The highest BCUT2D eigenvalue weighted by molar-refractivity contribution is 14.2. The largest absolute Gasteiger partial charge is 0.497 e. The van der Waals surface area contributed by atoms with Gasteiger partial charge in [0.25, 0.3) is 0 Å². The summed E-state index contributed by atoms with van der Waals surface area (Å²) in [6.45, 7) is 3.78. The number of nitrogens with one attached hydrogen (secondary N) is 1. The summed E-state index contributed by atoms with van der Waals surface area (Å²) in [4.78, 5) is 11.6. The Labute approximate surface area is 123 Å². The first-order valence-electron chi connectivity index (χ1n) is 5.08. The zero-order valence-electron chi connectivity index (χ0n) is 10.1. The van der Waals surface area contributed by atoms with Crippen molar-refractivity contribution in [2.75, 3.05) is 14.2 Å². The Hall–Kier alpha value is -0.730. The molecule has 1 rings (SSSR count). The third kappa shape index (κ3) is 3.89. The number of hydrogen-bond donors (Lipinski definition) is 1. The molecule has 1 unspecified atom stereocenters. The van der Waals surface area contributed by atoms with Crippen LogP contribution in [0.4, 0.5) is 0 Å². The summed E-state index contributed by atoms with van der Waals surface area (Å²) in [6.07, 6.45) is 0. The Bertz CT molecular complexity index is 439. The molecule has 4 nitrogen and oxygen atoms in total. The van der Waals surface area contributed by atoms with Crippen LogP contribution in [0.25, 0.3) is 0 Å². The molecule has 0 saturated carbocycles. The van der Waals surface area contributed by atoms with Gasteiger partial charge in [-0.25, -0.2) is 9.52 Å². The maximum atomic E-state index is 11.6. The van der Waals surface area contributed by atoms with Crippen molar-refractivity contribution in [3.63, 3.8) is 0 Å². The molecule has 0 bridgehead atoms. The smallest absolute Gasteiger partial charge is 0.335 e. The zero-order chi connectivity index (χ0) is 13.5. The second kappa shape index (κ2) is 7.65. The van der Waals surface area contributed by atoms with Crippen LogP contribution in [0.2, 0.25) is 0 Å². The Balaban J connectivity index is 3.03. The van der Waals surface area contributed by atoms with Crippen LogP contribution >= 0.6 is 30.3 Å². The van der Waals surface area contributed by atoms with Crippen LogP contribution < -0.4 is 9.46 Å². The number of carbonyl (C=O) groups excluding carboxylic acids is 1. The van der Waals surface area contributed by atoms with E-state index < -0.39 is 5.97 Å². The lowest BCUT2D eigenvalue weighted by atomic mass is 10.0. The number of hydrogen-bond acceptors (Lipinski definition) is 5. The number of benzene rings is 1. The van der Waals surface area contributed by atoms with Crippen molar-refractivity contribution >= 4 is 36.3 Å². The molecule has 6 heteroatoms. The highest BCUT2D eigenvalue weighted by atomic mass is 127. The normalized spacial score (nSPS) is 11.7. The first kappa shape index (κ1) is 15.3. The van der Waals surface area contributed by atoms with E-state index in [-0.39, 0.29) is 6.04 Å². The molecule has 0 aromatic heterocycles. The summed E-state index contributed by atoms with van der Waals surface area (Å²) < 4.78 is 13.0. The fourth-order valence-electron chi connectivity index (χ4n) is 1.45. The predicted molar refractivity (Wildman–Crippen MR) is 81.6 cm³/mol. The van der Waals surface area contributed by atoms with Gasteiger partial charge in [-0.1, -0.05) is 18.7 Å². The van der Waals surface area contributed by atoms with E-state index in [4.69, 9.17) is 9.47 Å². The quantitative estimate of drug-likeness (QED) is 0.356. The van der Waals surface area contributed by atoms with Gasteiger partial charge in [-0.15, -0.1) is 0 Å². The van der Waals surface area contributed by atoms with Crippen molar-refractivity contribution in [3.05, 3.63) is 42.0 Å². The number of carbonyl (C=O) groups is 1. The fraction of sp³-hybridized carbons (Fsp3) is 0.250. The predicted octanol–water partition coefficient (Wildman–Crippen LogP) is 3.05. The van der Waals surface area contributed by atoms with E-state index in [1.165, 1.54) is 16.2 Å². The van der Waals surface area contributed by atoms with Crippen LogP contribution in [0.15, 0.2) is 36.4 Å². The van der Waals surface area contributed by atoms with Gasteiger partial charge >= 0.3 is 5.97 Å². The van der Waals surface area contributed by atoms with Crippen molar-refractivity contribution in [2.24, 2.45) is 0 Å². The topological polar surface area (TPSA) is 47.6 Å². The van der Waals surface area contributed by atoms with Gasteiger partial charge in [0.2, 0.25) is 0 Å². The fourth-order valence-corrected chi connectivity index (χ4v) is 2.59. The van der Waals surface area contributed by atoms with Gasteiger partial charge in [0.15, 0.2) is 0 Å². The molecule has 0 aliphatic heterocycles. The van der Waals surface area contributed by atoms with Crippen molar-refractivity contribution in [1.29, 1.82) is 0 Å². The summed E-state index contributed by atoms with van der Waals surface area (Å²) in [6, 6.07) is 7.17. The molecule has 1 aromatic rings. The van der Waals surface area contributed by atoms with Crippen molar-refractivity contribution < 1.29 is 14.3 Å². The molecule has 1 N–H and O–H groups in total. The molecular weight excluding hydrogens is 365 g/mol. The molecule has 0 saturated heterocycles. The van der Waals surface area contributed by atoms with E-state index in [1.54, 1.807) is 7.11 Å². The molecular formula is C12H14INO3S. The Morgan fingerprint density at radius 1 is 1.50 bits per heavy atom. The third-order valence-corrected chi connectivity index (χ3v) is 3.47. The highest BCUT2D eigenvalue weighted by Crippen LogP contribution is 2.28. The second-order valence-electron chi connectivity index (χ2n) is 3.42. The van der Waals surface area contributed by atoms with Crippen LogP contribution in [0.1, 0.15) is 11.6 Å². The number of methoxy groups -OCH3 is 2. The van der Waals surface area contributed by atoms with Gasteiger partial charge in [-0.05, 0) is 26.8 Å². The monoisotopic (exact) mass is 379 g/mol. The maximum absolute atomic E-state index is 11.6. The van der Waals surface area contributed by atoms with Crippen molar-refractivity contribution in [3.8, 4) is 5.75 Å². The standard InChI is InChI=1S/C12H14INO3S/c1-8(12(15)17-3)11(14-18-13)9-5-4-6-10(7-9)16-2/h4-7,11,14H,1H2,2-3H3. The van der Waals surface area contributed by atoms with E-state index >= 15 is 0 Å². The number of esters is 1. The first-order valence-corrected chi connectivity index (χ1v) is 8.44. The molecule has 0 spiro atoms. The van der Waals surface area contributed by atoms with E-state index in [1.807, 2.05) is 24.3 Å². The third-order valence-electron chi connectivity index (χ3n) is 2.39. The molecule has 1 aromatic carbocycles. The maximum Gasteiger partial charge on any atom is 0.335 e. The van der Waals surface area contributed by atoms with Gasteiger partial charge in [0.05, 0.1) is 25.8 Å². The molecule has 0 fully saturated rings. The van der Waals surface area contributed by atoms with Gasteiger partial charge < -0.3 is 9.47 Å². The molecule has 1 atom stereocenters. The van der Waals surface area contributed by atoms with Crippen LogP contribution in [0.3, 0.4) is 0 Å². The summed E-state index contributed by atoms with van der Waals surface area (Å²) in [5.74, 6) is 0.302. The minimum absolute atomic E-state index is 0.311. The minimum Gasteiger partial charge on any atom is -0.497 e. The summed E-state index contributed by atoms with van der Waals surface area (Å²) in [5.41, 5.74) is 1.25. The lowest BCUT2D eigenvalue weighted by Gasteiger charge is -2.18. The van der Waals surface area contributed by atoms with E-state index in [0.717, 1.165) is 11.3 Å². The molecule has 0 heterocycles. The number of halogens is 1. The van der Waals surface area contributed by atoms with Gasteiger partial charge in [-0.3, -0.25) is 0 Å². The Morgan fingerprint density at radius 3 is 2.78 bits per heavy atom. The zero-order valence-corrected chi connectivity index (χ0v) is 13.1. The van der Waals surface area contributed by atoms with Gasteiger partial charge in [-0.2, -0.15) is 0 Å². The first-order chi connectivity index (χ1) is 8.63. The average molecular weight is 379 g/mol. The number of rotatable bonds is 6. The van der Waals surface area contributed by atoms with E-state index in [9.17, 15) is 4.79 Å². The molecule has 0 aliphatic carbocycles. The van der Waals surface area contributed by atoms with Crippen LogP contribution in [-0.2, 0) is 9.53 Å². The Morgan fingerprint density at radius 2 is 2.22 bits per heavy atom. The lowest BCUT2D eigenvalue weighted by molar-refractivity contribution is -0.136. The van der Waals surface area contributed by atoms with Crippen LogP contribution in [0, 0.1) is 0 Å². The van der Waals surface area contributed by atoms with Gasteiger partial charge in [0.1, 0.15) is 5.75 Å². The van der Waals surface area contributed by atoms with E-state index in [0.29, 0.717) is 5.57 Å². The SMILES string of the molecule is C=C(C(=O)OC)C(NSI)c1cccc(OC)c1. The van der Waals surface area contributed by atoms with Crippen molar-refractivity contribution in [2.45, 2.75) is 6.04 Å². The van der Waals surface area contributed by atoms with Crippen LogP contribution in [0.5, 0.6) is 5.75 Å². The molecule has 98 valence electrons. The van der Waals surface area contributed by atoms with Gasteiger partial charge in [0, 0.05) is 21.2 Å². The van der Waals surface area contributed by atoms with Crippen LogP contribution in [-0.4, -0.2) is 20.2 Å². The molecule has 18 heavy (non-hydrogen) atoms. The molecule has 0 aliphatic rings. The summed E-state index contributed by atoms with van der Waals surface area (Å²) in [7, 11) is 4.33. The molecule has 0 radical (unpaired) electrons. The lowest BCUT2D eigenvalue weighted by Crippen LogP contribution is -2.21. The van der Waals surface area contributed by atoms with E-state index in [2.05, 4.69) is 32.5 Å². The second-order valence-corrected chi connectivity index (χ2v) is 5.13. The average Bonchev–Trinajstić information content (AvgIpc) is 2.43. The minimum atomic E-state index is -0.430. The highest BCUT2D eigenvalue weighted by Gasteiger charge is 2.21. The Kier molecular flexibility index (Phi) is 6.51. The summed E-state index contributed by atoms with van der Waals surface area (Å²) in [5, 5.41) is 0.